The van der Waals surface area contributed by atoms with Gasteiger partial charge in [-0.05, 0) is 20.4 Å². The Bertz CT molecular complexity index is 654. The van der Waals surface area contributed by atoms with E-state index >= 15 is 0 Å². The van der Waals surface area contributed by atoms with Gasteiger partial charge >= 0.3 is 0 Å². The van der Waals surface area contributed by atoms with Gasteiger partial charge in [0.1, 0.15) is 11.5 Å². The van der Waals surface area contributed by atoms with Crippen molar-refractivity contribution in [2.45, 2.75) is 19.4 Å². The highest BCUT2D eigenvalue weighted by molar-refractivity contribution is 5.67. The highest BCUT2D eigenvalue weighted by atomic mass is 16.3. The third-order valence-electron chi connectivity index (χ3n) is 3.81. The smallest absolute Gasteiger partial charge is 0.222 e. The molecule has 0 radical (unpaired) electrons. The number of nitrogen functional groups attached to an aromatic ring is 1. The van der Waals surface area contributed by atoms with Crippen LogP contribution in [0.25, 0.3) is 11.4 Å². The first-order valence-electron chi connectivity index (χ1n) is 6.89. The number of aromatic hydroxyl groups is 1. The van der Waals surface area contributed by atoms with E-state index in [4.69, 9.17) is 5.73 Å². The molecule has 1 fully saturated rings. The lowest BCUT2D eigenvalue weighted by Gasteiger charge is -2.18. The number of nitrogens with one attached hydrogen (secondary N) is 2. The van der Waals surface area contributed by atoms with Crippen LogP contribution in [0.1, 0.15) is 12.1 Å². The summed E-state index contributed by atoms with van der Waals surface area (Å²) in [5.41, 5.74) is 7.32. The van der Waals surface area contributed by atoms with Crippen molar-refractivity contribution < 1.29 is 5.11 Å². The summed E-state index contributed by atoms with van der Waals surface area (Å²) < 4.78 is 0. The van der Waals surface area contributed by atoms with E-state index in [-0.39, 0.29) is 11.7 Å². The second kappa shape index (κ2) is 5.21. The summed E-state index contributed by atoms with van der Waals surface area (Å²) in [5, 5.41) is 20.1. The molecule has 5 N–H and O–H groups in total. The third kappa shape index (κ3) is 2.49. The summed E-state index contributed by atoms with van der Waals surface area (Å²) in [6, 6.07) is 2.26. The Morgan fingerprint density at radius 2 is 2.29 bits per heavy atom. The molecule has 0 saturated carbocycles. The molecule has 3 heterocycles. The van der Waals surface area contributed by atoms with E-state index in [1.54, 1.807) is 6.92 Å². The van der Waals surface area contributed by atoms with Crippen molar-refractivity contribution >= 4 is 11.8 Å². The topological polar surface area (TPSA) is 116 Å². The Balaban J connectivity index is 1.95. The fourth-order valence-corrected chi connectivity index (χ4v) is 2.54. The highest BCUT2D eigenvalue weighted by Gasteiger charge is 2.23. The molecule has 2 aromatic rings. The van der Waals surface area contributed by atoms with Gasteiger partial charge in [-0.15, -0.1) is 0 Å². The van der Waals surface area contributed by atoms with Gasteiger partial charge in [0.05, 0.1) is 5.69 Å². The zero-order chi connectivity index (χ0) is 15.0. The molecule has 1 atom stereocenters. The predicted molar refractivity (Wildman–Crippen MR) is 80.1 cm³/mol. The summed E-state index contributed by atoms with van der Waals surface area (Å²) in [6.07, 6.45) is 1.06. The molecule has 0 bridgehead atoms. The van der Waals surface area contributed by atoms with Gasteiger partial charge in [0.25, 0.3) is 0 Å². The molecule has 2 aromatic heterocycles. The van der Waals surface area contributed by atoms with Crippen molar-refractivity contribution in [3.05, 3.63) is 11.8 Å². The summed E-state index contributed by atoms with van der Waals surface area (Å²) in [5.74, 6) is 1.03. The monoisotopic (exact) mass is 289 g/mol. The Hall–Kier alpha value is -2.35. The van der Waals surface area contributed by atoms with Crippen molar-refractivity contribution in [1.29, 1.82) is 0 Å². The van der Waals surface area contributed by atoms with Gasteiger partial charge < -0.3 is 21.1 Å². The molecule has 1 aliphatic rings. The molecule has 112 valence electrons. The predicted octanol–water partition coefficient (Wildman–Crippen LogP) is 0.261. The maximum absolute atomic E-state index is 10.00. The average molecular weight is 289 g/mol. The van der Waals surface area contributed by atoms with Crippen LogP contribution in [-0.4, -0.2) is 51.5 Å². The lowest BCUT2D eigenvalue weighted by Crippen LogP contribution is -2.30. The Labute approximate surface area is 122 Å². The minimum Gasteiger partial charge on any atom is -0.504 e. The molecule has 3 rings (SSSR count). The average Bonchev–Trinajstić information content (AvgIpc) is 3.06. The lowest BCUT2D eigenvalue weighted by atomic mass is 10.2. The minimum atomic E-state index is 0.0913. The number of hydrogen-bond donors (Lipinski definition) is 4. The van der Waals surface area contributed by atoms with Crippen molar-refractivity contribution in [2.75, 3.05) is 30.8 Å². The van der Waals surface area contributed by atoms with Gasteiger partial charge in [0.2, 0.25) is 5.95 Å². The number of aromatic nitrogens is 4. The van der Waals surface area contributed by atoms with Crippen molar-refractivity contribution in [2.24, 2.45) is 0 Å². The fraction of sp³-hybridized carbons (Fsp3) is 0.462. The number of aromatic amines is 1. The molecule has 0 spiro atoms. The van der Waals surface area contributed by atoms with Crippen LogP contribution < -0.4 is 16.0 Å². The molecule has 1 aliphatic heterocycles. The molecule has 8 nitrogen and oxygen atoms in total. The summed E-state index contributed by atoms with van der Waals surface area (Å²) in [6.45, 7) is 3.53. The maximum atomic E-state index is 10.00. The first-order valence-corrected chi connectivity index (χ1v) is 6.89. The molecule has 0 aliphatic carbocycles. The Morgan fingerprint density at radius 3 is 2.90 bits per heavy atom. The molecular weight excluding hydrogens is 270 g/mol. The molecule has 0 amide bonds. The largest absolute Gasteiger partial charge is 0.504 e. The summed E-state index contributed by atoms with van der Waals surface area (Å²) in [4.78, 5) is 10.6. The molecular formula is C13H19N7O. The van der Waals surface area contributed by atoms with Crippen molar-refractivity contribution in [3.63, 3.8) is 0 Å². The van der Waals surface area contributed by atoms with Crippen LogP contribution in [-0.2, 0) is 0 Å². The lowest BCUT2D eigenvalue weighted by molar-refractivity contribution is 0.473. The van der Waals surface area contributed by atoms with E-state index < -0.39 is 0 Å². The van der Waals surface area contributed by atoms with Crippen LogP contribution >= 0.6 is 0 Å². The van der Waals surface area contributed by atoms with Gasteiger partial charge in [-0.2, -0.15) is 10.1 Å². The Kier molecular flexibility index (Phi) is 3.38. The van der Waals surface area contributed by atoms with Crippen LogP contribution in [0.5, 0.6) is 5.75 Å². The molecule has 8 heteroatoms. The number of aryl methyl sites for hydroxylation is 1. The van der Waals surface area contributed by atoms with Crippen LogP contribution in [0.15, 0.2) is 6.07 Å². The SMILES string of the molecule is CN[C@@H]1CCN(c2cc(-c3n[nH]c(C)c3O)nc(N)n2)C1. The van der Waals surface area contributed by atoms with Gasteiger partial charge in [-0.25, -0.2) is 4.98 Å². The maximum Gasteiger partial charge on any atom is 0.222 e. The van der Waals surface area contributed by atoms with E-state index in [0.717, 1.165) is 25.3 Å². The van der Waals surface area contributed by atoms with Gasteiger partial charge in [0.15, 0.2) is 11.4 Å². The first kappa shape index (κ1) is 13.6. The fourth-order valence-electron chi connectivity index (χ4n) is 2.54. The van der Waals surface area contributed by atoms with Crippen LogP contribution in [0.3, 0.4) is 0 Å². The standard InChI is InChI=1S/C13H19N7O/c1-7-12(21)11(19-18-7)9-5-10(17-13(14)16-9)20-4-3-8(6-20)15-2/h5,8,15,21H,3-4,6H2,1-2H3,(H,18,19)(H2,14,16,17)/t8-/m1/s1. The van der Waals surface area contributed by atoms with E-state index in [1.807, 2.05) is 13.1 Å². The summed E-state index contributed by atoms with van der Waals surface area (Å²) in [7, 11) is 1.96. The number of rotatable bonds is 3. The van der Waals surface area contributed by atoms with Crippen molar-refractivity contribution in [3.8, 4) is 17.1 Å². The zero-order valence-electron chi connectivity index (χ0n) is 12.1. The first-order chi connectivity index (χ1) is 10.1. The van der Waals surface area contributed by atoms with Gasteiger partial charge in [-0.1, -0.05) is 0 Å². The molecule has 1 saturated heterocycles. The molecule has 21 heavy (non-hydrogen) atoms. The summed E-state index contributed by atoms with van der Waals surface area (Å²) >= 11 is 0. The van der Waals surface area contributed by atoms with E-state index in [2.05, 4.69) is 30.4 Å². The van der Waals surface area contributed by atoms with Crippen LogP contribution in [0, 0.1) is 6.92 Å². The van der Waals surface area contributed by atoms with E-state index in [9.17, 15) is 5.11 Å². The van der Waals surface area contributed by atoms with Crippen LogP contribution in [0.4, 0.5) is 11.8 Å². The number of likely N-dealkylation sites (N-methyl/N-ethyl adjacent to an activating group) is 1. The number of H-pyrrole nitrogens is 1. The quantitative estimate of drug-likeness (QED) is 0.640. The van der Waals surface area contributed by atoms with E-state index in [1.165, 1.54) is 0 Å². The highest BCUT2D eigenvalue weighted by Crippen LogP contribution is 2.30. The van der Waals surface area contributed by atoms with E-state index in [0.29, 0.717) is 23.1 Å². The van der Waals surface area contributed by atoms with Crippen molar-refractivity contribution in [1.82, 2.24) is 25.5 Å². The van der Waals surface area contributed by atoms with Gasteiger partial charge in [-0.3, -0.25) is 5.10 Å². The van der Waals surface area contributed by atoms with Gasteiger partial charge in [0, 0.05) is 25.2 Å². The molecule has 0 unspecified atom stereocenters. The minimum absolute atomic E-state index is 0.0913. The number of nitrogens with zero attached hydrogens (tertiary/aromatic N) is 4. The second-order valence-corrected chi connectivity index (χ2v) is 5.24. The molecule has 0 aromatic carbocycles. The number of nitrogens with two attached hydrogens (primary N) is 1. The number of anilines is 2. The number of hydrogen-bond acceptors (Lipinski definition) is 7. The third-order valence-corrected chi connectivity index (χ3v) is 3.81. The zero-order valence-corrected chi connectivity index (χ0v) is 12.1. The second-order valence-electron chi connectivity index (χ2n) is 5.24. The van der Waals surface area contributed by atoms with Crippen LogP contribution in [0.2, 0.25) is 0 Å². The normalized spacial score (nSPS) is 18.4. The Morgan fingerprint density at radius 1 is 1.48 bits per heavy atom.